The monoisotopic (exact) mass is 334 g/mol. The van der Waals surface area contributed by atoms with Gasteiger partial charge in [0.2, 0.25) is 0 Å². The zero-order valence-corrected chi connectivity index (χ0v) is 16.0. The van der Waals surface area contributed by atoms with Crippen LogP contribution in [0.2, 0.25) is 0 Å². The van der Waals surface area contributed by atoms with Gasteiger partial charge in [0, 0.05) is 24.5 Å². The largest absolute Gasteiger partial charge is 0.426 e. The van der Waals surface area contributed by atoms with Gasteiger partial charge >= 0.3 is 11.9 Å². The fourth-order valence-corrected chi connectivity index (χ4v) is 3.03. The van der Waals surface area contributed by atoms with Crippen LogP contribution >= 0.6 is 0 Å². The van der Waals surface area contributed by atoms with Gasteiger partial charge < -0.3 is 9.47 Å². The fourth-order valence-electron chi connectivity index (χ4n) is 3.03. The van der Waals surface area contributed by atoms with Gasteiger partial charge in [0.25, 0.3) is 0 Å². The smallest absolute Gasteiger partial charge is 0.310 e. The lowest BCUT2D eigenvalue weighted by atomic mass is 9.72. The summed E-state index contributed by atoms with van der Waals surface area (Å²) in [6, 6.07) is 5.29. The average Bonchev–Trinajstić information content (AvgIpc) is 2.44. The highest BCUT2D eigenvalue weighted by atomic mass is 16.5. The summed E-state index contributed by atoms with van der Waals surface area (Å²) in [5, 5.41) is 0. The Bertz CT molecular complexity index is 594. The molecule has 0 aliphatic heterocycles. The molecule has 0 N–H and O–H groups in total. The Morgan fingerprint density at radius 1 is 0.917 bits per heavy atom. The molecule has 0 spiro atoms. The predicted octanol–water partition coefficient (Wildman–Crippen LogP) is 5.03. The Morgan fingerprint density at radius 2 is 1.46 bits per heavy atom. The van der Waals surface area contributed by atoms with Crippen molar-refractivity contribution in [3.05, 3.63) is 23.8 Å². The molecule has 0 atom stereocenters. The summed E-state index contributed by atoms with van der Waals surface area (Å²) < 4.78 is 10.8. The molecule has 0 bridgehead atoms. The fraction of sp³-hybridized carbons (Fsp3) is 0.600. The van der Waals surface area contributed by atoms with E-state index in [9.17, 15) is 9.59 Å². The van der Waals surface area contributed by atoms with Crippen molar-refractivity contribution in [2.45, 2.75) is 73.1 Å². The minimum Gasteiger partial charge on any atom is -0.426 e. The van der Waals surface area contributed by atoms with Crippen LogP contribution in [-0.2, 0) is 15.0 Å². The summed E-state index contributed by atoms with van der Waals surface area (Å²) in [6.45, 7) is 14.3. The van der Waals surface area contributed by atoms with E-state index in [1.54, 1.807) is 26.0 Å². The summed E-state index contributed by atoms with van der Waals surface area (Å²) in [5.74, 6) is 0.250. The molecule has 0 aromatic heterocycles. The van der Waals surface area contributed by atoms with E-state index in [0.29, 0.717) is 17.9 Å². The number of esters is 2. The Morgan fingerprint density at radius 3 is 1.96 bits per heavy atom. The first-order chi connectivity index (χ1) is 11.0. The van der Waals surface area contributed by atoms with Gasteiger partial charge in [0.15, 0.2) is 0 Å². The Hall–Kier alpha value is -1.84. The van der Waals surface area contributed by atoms with Gasteiger partial charge in [0.1, 0.15) is 11.5 Å². The van der Waals surface area contributed by atoms with Crippen molar-refractivity contribution in [1.29, 1.82) is 0 Å². The second-order valence-electron chi connectivity index (χ2n) is 7.93. The third kappa shape index (κ3) is 5.99. The van der Waals surface area contributed by atoms with Crippen LogP contribution in [0.5, 0.6) is 11.5 Å². The first kappa shape index (κ1) is 20.2. The molecule has 0 fully saturated rings. The van der Waals surface area contributed by atoms with E-state index in [1.165, 1.54) is 0 Å². The van der Waals surface area contributed by atoms with Gasteiger partial charge in [-0.2, -0.15) is 0 Å². The van der Waals surface area contributed by atoms with Gasteiger partial charge in [-0.25, -0.2) is 0 Å². The van der Waals surface area contributed by atoms with Crippen LogP contribution in [-0.4, -0.2) is 11.9 Å². The number of carbonyl (C=O) groups excluding carboxylic acids is 2. The molecule has 4 heteroatoms. The second kappa shape index (κ2) is 7.82. The number of hydrogen-bond donors (Lipinski definition) is 0. The van der Waals surface area contributed by atoms with Crippen molar-refractivity contribution in [2.75, 3.05) is 0 Å². The van der Waals surface area contributed by atoms with Crippen molar-refractivity contribution < 1.29 is 19.1 Å². The molecule has 1 aromatic rings. The summed E-state index contributed by atoms with van der Waals surface area (Å²) in [5.41, 5.74) is 0.883. The van der Waals surface area contributed by atoms with E-state index in [-0.39, 0.29) is 29.2 Å². The number of hydrogen-bond acceptors (Lipinski definition) is 4. The third-order valence-electron chi connectivity index (χ3n) is 3.69. The summed E-state index contributed by atoms with van der Waals surface area (Å²) in [6.07, 6.45) is 1.50. The molecular formula is C20H30O4. The first-order valence-corrected chi connectivity index (χ1v) is 8.54. The lowest BCUT2D eigenvalue weighted by molar-refractivity contribution is -0.134. The lowest BCUT2D eigenvalue weighted by Gasteiger charge is -2.34. The lowest BCUT2D eigenvalue weighted by Crippen LogP contribution is -2.26. The summed E-state index contributed by atoms with van der Waals surface area (Å²) >= 11 is 0. The SMILES string of the molecule is CCC(=O)Oc1ccc(C(C)(C)CC(C)(C)C)c(OC(=O)CC)c1. The molecule has 0 amide bonds. The van der Waals surface area contributed by atoms with Crippen molar-refractivity contribution >= 4 is 11.9 Å². The van der Waals surface area contributed by atoms with Gasteiger partial charge in [0.05, 0.1) is 0 Å². The molecular weight excluding hydrogens is 304 g/mol. The molecule has 0 aliphatic carbocycles. The van der Waals surface area contributed by atoms with Crippen LogP contribution in [0, 0.1) is 5.41 Å². The maximum atomic E-state index is 11.8. The molecule has 0 heterocycles. The van der Waals surface area contributed by atoms with Gasteiger partial charge in [-0.05, 0) is 23.3 Å². The number of benzene rings is 1. The predicted molar refractivity (Wildman–Crippen MR) is 95.4 cm³/mol. The minimum absolute atomic E-state index is 0.128. The number of rotatable bonds is 6. The van der Waals surface area contributed by atoms with Crippen LogP contribution in [0.3, 0.4) is 0 Å². The van der Waals surface area contributed by atoms with Gasteiger partial charge in [-0.15, -0.1) is 0 Å². The molecule has 1 aromatic carbocycles. The quantitative estimate of drug-likeness (QED) is 0.541. The van der Waals surface area contributed by atoms with Gasteiger partial charge in [-0.3, -0.25) is 9.59 Å². The Balaban J connectivity index is 3.26. The highest BCUT2D eigenvalue weighted by molar-refractivity contribution is 5.74. The number of ether oxygens (including phenoxy) is 2. The average molecular weight is 334 g/mol. The molecule has 0 saturated carbocycles. The van der Waals surface area contributed by atoms with E-state index < -0.39 is 0 Å². The first-order valence-electron chi connectivity index (χ1n) is 8.54. The van der Waals surface area contributed by atoms with Crippen LogP contribution in [0.25, 0.3) is 0 Å². The maximum absolute atomic E-state index is 11.8. The van der Waals surface area contributed by atoms with E-state index in [2.05, 4.69) is 34.6 Å². The standard InChI is InChI=1S/C20H30O4/c1-8-17(21)23-14-10-11-15(16(12-14)24-18(22)9-2)20(6,7)13-19(3,4)5/h10-12H,8-9,13H2,1-7H3. The van der Waals surface area contributed by atoms with Crippen molar-refractivity contribution in [2.24, 2.45) is 5.41 Å². The normalized spacial score (nSPS) is 12.0. The van der Waals surface area contributed by atoms with Gasteiger partial charge in [-0.1, -0.05) is 54.5 Å². The Kier molecular flexibility index (Phi) is 6.58. The zero-order chi connectivity index (χ0) is 18.5. The van der Waals surface area contributed by atoms with E-state index >= 15 is 0 Å². The maximum Gasteiger partial charge on any atom is 0.310 e. The summed E-state index contributed by atoms with van der Waals surface area (Å²) in [4.78, 5) is 23.3. The van der Waals surface area contributed by atoms with E-state index in [4.69, 9.17) is 9.47 Å². The molecule has 1 rings (SSSR count). The molecule has 0 radical (unpaired) electrons. The molecule has 0 unspecified atom stereocenters. The van der Waals surface area contributed by atoms with Crippen LogP contribution < -0.4 is 9.47 Å². The Labute approximate surface area is 145 Å². The topological polar surface area (TPSA) is 52.6 Å². The highest BCUT2D eigenvalue weighted by Crippen LogP contribution is 2.41. The van der Waals surface area contributed by atoms with Crippen molar-refractivity contribution in [1.82, 2.24) is 0 Å². The van der Waals surface area contributed by atoms with E-state index in [0.717, 1.165) is 12.0 Å². The third-order valence-corrected chi connectivity index (χ3v) is 3.69. The molecule has 24 heavy (non-hydrogen) atoms. The van der Waals surface area contributed by atoms with Crippen molar-refractivity contribution in [3.63, 3.8) is 0 Å². The second-order valence-corrected chi connectivity index (χ2v) is 7.93. The van der Waals surface area contributed by atoms with Crippen LogP contribution in [0.15, 0.2) is 18.2 Å². The molecule has 0 saturated heterocycles. The molecule has 0 aliphatic rings. The zero-order valence-electron chi connectivity index (χ0n) is 16.0. The summed E-state index contributed by atoms with van der Waals surface area (Å²) in [7, 11) is 0. The molecule has 4 nitrogen and oxygen atoms in total. The van der Waals surface area contributed by atoms with Crippen LogP contribution in [0.4, 0.5) is 0 Å². The van der Waals surface area contributed by atoms with Crippen LogP contribution in [0.1, 0.15) is 73.3 Å². The number of carbonyl (C=O) groups is 2. The molecule has 134 valence electrons. The highest BCUT2D eigenvalue weighted by Gasteiger charge is 2.30. The van der Waals surface area contributed by atoms with E-state index in [1.807, 2.05) is 6.07 Å². The minimum atomic E-state index is -0.315. The van der Waals surface area contributed by atoms with Crippen molar-refractivity contribution in [3.8, 4) is 11.5 Å².